The van der Waals surface area contributed by atoms with Gasteiger partial charge in [0, 0.05) is 18.8 Å². The summed E-state index contributed by atoms with van der Waals surface area (Å²) in [6.45, 7) is 2.75. The van der Waals surface area contributed by atoms with E-state index < -0.39 is 0 Å². The third-order valence-corrected chi connectivity index (χ3v) is 2.50. The molecule has 0 aliphatic heterocycles. The third-order valence-electron chi connectivity index (χ3n) is 2.50. The van der Waals surface area contributed by atoms with Gasteiger partial charge in [0.2, 0.25) is 0 Å². The minimum Gasteiger partial charge on any atom is -0.381 e. The summed E-state index contributed by atoms with van der Waals surface area (Å²) in [5.41, 5.74) is 7.91. The van der Waals surface area contributed by atoms with E-state index in [4.69, 9.17) is 10.3 Å². The maximum atomic E-state index is 5.50. The van der Waals surface area contributed by atoms with Crippen molar-refractivity contribution in [2.24, 2.45) is 0 Å². The third kappa shape index (κ3) is 2.16. The Morgan fingerprint density at radius 2 is 2.12 bits per heavy atom. The molecule has 0 bridgehead atoms. The van der Waals surface area contributed by atoms with E-state index in [1.807, 2.05) is 19.2 Å². The maximum absolute atomic E-state index is 5.50. The Hall–Kier alpha value is -1.97. The second-order valence-electron chi connectivity index (χ2n) is 3.86. The first-order valence-electron chi connectivity index (χ1n) is 5.14. The number of hydrogen-bond donors (Lipinski definition) is 1. The highest BCUT2D eigenvalue weighted by Crippen LogP contribution is 2.20. The molecular weight excluding hydrogens is 202 g/mol. The van der Waals surface area contributed by atoms with Crippen molar-refractivity contribution in [3.05, 3.63) is 41.7 Å². The van der Waals surface area contributed by atoms with E-state index in [9.17, 15) is 0 Å². The highest BCUT2D eigenvalue weighted by Gasteiger charge is 2.07. The van der Waals surface area contributed by atoms with Gasteiger partial charge in [0.15, 0.2) is 11.6 Å². The molecule has 1 aromatic heterocycles. The summed E-state index contributed by atoms with van der Waals surface area (Å²) in [4.78, 5) is 2.11. The Morgan fingerprint density at radius 1 is 1.38 bits per heavy atom. The number of nitrogens with two attached hydrogens (primary N) is 1. The van der Waals surface area contributed by atoms with Gasteiger partial charge in [-0.2, -0.15) is 0 Å². The monoisotopic (exact) mass is 217 g/mol. The normalized spacial score (nSPS) is 10.4. The number of nitrogens with zero attached hydrogens (tertiary/aromatic N) is 2. The number of anilines is 2. The zero-order valence-corrected chi connectivity index (χ0v) is 9.47. The first kappa shape index (κ1) is 10.5. The molecule has 2 aromatic rings. The number of para-hydroxylation sites is 1. The lowest BCUT2D eigenvalue weighted by Crippen LogP contribution is -2.16. The fourth-order valence-corrected chi connectivity index (χ4v) is 1.71. The number of hydrogen-bond acceptors (Lipinski definition) is 4. The van der Waals surface area contributed by atoms with Crippen LogP contribution in [0.15, 0.2) is 34.9 Å². The van der Waals surface area contributed by atoms with Crippen LogP contribution in [0.5, 0.6) is 0 Å². The van der Waals surface area contributed by atoms with Crippen molar-refractivity contribution in [1.29, 1.82) is 0 Å². The van der Waals surface area contributed by atoms with Gasteiger partial charge in [-0.05, 0) is 18.6 Å². The molecule has 0 saturated carbocycles. The molecule has 0 radical (unpaired) electrons. The summed E-state index contributed by atoms with van der Waals surface area (Å²) in [6, 6.07) is 9.96. The van der Waals surface area contributed by atoms with Crippen molar-refractivity contribution in [3.8, 4) is 0 Å². The molecule has 0 fully saturated rings. The van der Waals surface area contributed by atoms with Crippen LogP contribution in [0.25, 0.3) is 0 Å². The highest BCUT2D eigenvalue weighted by atomic mass is 16.5. The molecule has 0 atom stereocenters. The molecule has 84 valence electrons. The second kappa shape index (κ2) is 4.26. The zero-order chi connectivity index (χ0) is 11.5. The van der Waals surface area contributed by atoms with Crippen LogP contribution in [0.4, 0.5) is 11.5 Å². The van der Waals surface area contributed by atoms with Crippen molar-refractivity contribution >= 4 is 11.5 Å². The first-order chi connectivity index (χ1) is 7.66. The van der Waals surface area contributed by atoms with E-state index in [1.54, 1.807) is 6.07 Å². The second-order valence-corrected chi connectivity index (χ2v) is 3.86. The average molecular weight is 217 g/mol. The predicted molar refractivity (Wildman–Crippen MR) is 64.2 cm³/mol. The molecule has 4 heteroatoms. The summed E-state index contributed by atoms with van der Waals surface area (Å²) >= 11 is 0. The van der Waals surface area contributed by atoms with Crippen LogP contribution in [0.2, 0.25) is 0 Å². The topological polar surface area (TPSA) is 55.3 Å². The quantitative estimate of drug-likeness (QED) is 0.856. The highest BCUT2D eigenvalue weighted by molar-refractivity contribution is 5.52. The molecule has 0 aliphatic carbocycles. The Balaban J connectivity index is 2.14. The molecule has 1 heterocycles. The number of benzene rings is 1. The van der Waals surface area contributed by atoms with Crippen LogP contribution in [0, 0.1) is 6.92 Å². The van der Waals surface area contributed by atoms with Crippen molar-refractivity contribution in [3.63, 3.8) is 0 Å². The minimum absolute atomic E-state index is 0.424. The molecule has 0 amide bonds. The van der Waals surface area contributed by atoms with Crippen molar-refractivity contribution in [1.82, 2.24) is 5.16 Å². The lowest BCUT2D eigenvalue weighted by molar-refractivity contribution is 0.385. The Kier molecular flexibility index (Phi) is 2.81. The molecule has 2 N–H and O–H groups in total. The van der Waals surface area contributed by atoms with Gasteiger partial charge in [0.25, 0.3) is 0 Å². The van der Waals surface area contributed by atoms with Crippen LogP contribution >= 0.6 is 0 Å². The smallest absolute Gasteiger partial charge is 0.167 e. The average Bonchev–Trinajstić information content (AvgIpc) is 2.64. The SMILES string of the molecule is Cc1ccccc1N(C)Cc1cc(N)no1. The van der Waals surface area contributed by atoms with Gasteiger partial charge in [-0.3, -0.25) is 0 Å². The fraction of sp³-hybridized carbons (Fsp3) is 0.250. The Bertz CT molecular complexity index is 479. The number of rotatable bonds is 3. The molecular formula is C12H15N3O. The molecule has 0 saturated heterocycles. The Labute approximate surface area is 94.6 Å². The number of aromatic nitrogens is 1. The summed E-state index contributed by atoms with van der Waals surface area (Å²) in [6.07, 6.45) is 0. The Morgan fingerprint density at radius 3 is 2.75 bits per heavy atom. The van der Waals surface area contributed by atoms with E-state index in [1.165, 1.54) is 11.3 Å². The largest absolute Gasteiger partial charge is 0.381 e. The van der Waals surface area contributed by atoms with E-state index in [0.717, 1.165) is 5.76 Å². The molecule has 0 aliphatic rings. The van der Waals surface area contributed by atoms with E-state index in [0.29, 0.717) is 12.4 Å². The summed E-state index contributed by atoms with van der Waals surface area (Å²) in [5, 5.41) is 3.66. The number of aryl methyl sites for hydroxylation is 1. The van der Waals surface area contributed by atoms with E-state index >= 15 is 0 Å². The molecule has 2 rings (SSSR count). The van der Waals surface area contributed by atoms with Gasteiger partial charge in [0.1, 0.15) is 0 Å². The predicted octanol–water partition coefficient (Wildman–Crippen LogP) is 2.20. The maximum Gasteiger partial charge on any atom is 0.167 e. The summed E-state index contributed by atoms with van der Waals surface area (Å²) in [7, 11) is 2.01. The van der Waals surface area contributed by atoms with Gasteiger partial charge in [0.05, 0.1) is 6.54 Å². The van der Waals surface area contributed by atoms with Crippen molar-refractivity contribution in [2.45, 2.75) is 13.5 Å². The van der Waals surface area contributed by atoms with Crippen LogP contribution in [-0.4, -0.2) is 12.2 Å². The number of nitrogen functional groups attached to an aromatic ring is 1. The molecule has 1 aromatic carbocycles. The standard InChI is InChI=1S/C12H15N3O/c1-9-5-3-4-6-11(9)15(2)8-10-7-12(13)14-16-10/h3-7H,8H2,1-2H3,(H2,13,14). The van der Waals surface area contributed by atoms with Crippen molar-refractivity contribution in [2.75, 3.05) is 17.7 Å². The minimum atomic E-state index is 0.424. The summed E-state index contributed by atoms with van der Waals surface area (Å²) in [5.74, 6) is 1.19. The first-order valence-corrected chi connectivity index (χ1v) is 5.14. The molecule has 16 heavy (non-hydrogen) atoms. The lowest BCUT2D eigenvalue weighted by atomic mass is 10.2. The molecule has 4 nitrogen and oxygen atoms in total. The fourth-order valence-electron chi connectivity index (χ4n) is 1.71. The van der Waals surface area contributed by atoms with Crippen LogP contribution in [-0.2, 0) is 6.54 Å². The van der Waals surface area contributed by atoms with Gasteiger partial charge >= 0.3 is 0 Å². The van der Waals surface area contributed by atoms with Crippen LogP contribution in [0.3, 0.4) is 0 Å². The van der Waals surface area contributed by atoms with Gasteiger partial charge in [-0.1, -0.05) is 23.4 Å². The lowest BCUT2D eigenvalue weighted by Gasteiger charge is -2.19. The van der Waals surface area contributed by atoms with Crippen molar-refractivity contribution < 1.29 is 4.52 Å². The molecule has 0 spiro atoms. The van der Waals surface area contributed by atoms with Crippen LogP contribution in [0.1, 0.15) is 11.3 Å². The summed E-state index contributed by atoms with van der Waals surface area (Å²) < 4.78 is 5.08. The van der Waals surface area contributed by atoms with Gasteiger partial charge < -0.3 is 15.2 Å². The molecule has 0 unspecified atom stereocenters. The van der Waals surface area contributed by atoms with E-state index in [-0.39, 0.29) is 0 Å². The van der Waals surface area contributed by atoms with Gasteiger partial charge in [-0.15, -0.1) is 0 Å². The zero-order valence-electron chi connectivity index (χ0n) is 9.47. The van der Waals surface area contributed by atoms with Gasteiger partial charge in [-0.25, -0.2) is 0 Å². The van der Waals surface area contributed by atoms with E-state index in [2.05, 4.69) is 29.1 Å². The van der Waals surface area contributed by atoms with Crippen LogP contribution < -0.4 is 10.6 Å².